The maximum atomic E-state index is 12.1. The molecule has 1 aromatic rings. The predicted molar refractivity (Wildman–Crippen MR) is 72.9 cm³/mol. The molecule has 5 heteroatoms. The molecule has 2 aliphatic rings. The molecule has 2 fully saturated rings. The number of aryl methyl sites for hydroxylation is 1. The lowest BCUT2D eigenvalue weighted by molar-refractivity contribution is -0.125. The standard InChI is InChI=1S/C14H20N4O/c1-10-15-7-6-13(16-10)18-8-2-3-11(9-18)14(19)17-12-4-5-12/h6-7,11-12H,2-5,8-9H2,1H3,(H,17,19). The van der Waals surface area contributed by atoms with Crippen LogP contribution in [0.25, 0.3) is 0 Å². The summed E-state index contributed by atoms with van der Waals surface area (Å²) < 4.78 is 0. The lowest BCUT2D eigenvalue weighted by atomic mass is 9.97. The summed E-state index contributed by atoms with van der Waals surface area (Å²) in [6, 6.07) is 2.37. The van der Waals surface area contributed by atoms with Crippen molar-refractivity contribution < 1.29 is 4.79 Å². The second-order valence-electron chi connectivity index (χ2n) is 5.53. The van der Waals surface area contributed by atoms with Crippen molar-refractivity contribution in [2.45, 2.75) is 38.6 Å². The quantitative estimate of drug-likeness (QED) is 0.889. The van der Waals surface area contributed by atoms with Gasteiger partial charge in [0.05, 0.1) is 5.92 Å². The highest BCUT2D eigenvalue weighted by Crippen LogP contribution is 2.24. The minimum absolute atomic E-state index is 0.102. The minimum Gasteiger partial charge on any atom is -0.356 e. The van der Waals surface area contributed by atoms with Crippen molar-refractivity contribution in [3.8, 4) is 0 Å². The number of rotatable bonds is 3. The van der Waals surface area contributed by atoms with Crippen LogP contribution >= 0.6 is 0 Å². The van der Waals surface area contributed by atoms with E-state index in [9.17, 15) is 4.79 Å². The predicted octanol–water partition coefficient (Wildman–Crippen LogP) is 1.28. The van der Waals surface area contributed by atoms with Gasteiger partial charge in [0.1, 0.15) is 11.6 Å². The van der Waals surface area contributed by atoms with Gasteiger partial charge in [-0.3, -0.25) is 4.79 Å². The summed E-state index contributed by atoms with van der Waals surface area (Å²) >= 11 is 0. The van der Waals surface area contributed by atoms with Crippen LogP contribution in [-0.4, -0.2) is 35.0 Å². The molecule has 1 aliphatic carbocycles. The number of hydrogen-bond donors (Lipinski definition) is 1. The molecule has 1 amide bonds. The third kappa shape index (κ3) is 3.03. The highest BCUT2D eigenvalue weighted by atomic mass is 16.2. The average Bonchev–Trinajstić information content (AvgIpc) is 3.23. The lowest BCUT2D eigenvalue weighted by Crippen LogP contribution is -2.44. The molecule has 1 atom stereocenters. The molecule has 102 valence electrons. The van der Waals surface area contributed by atoms with Crippen LogP contribution in [0.3, 0.4) is 0 Å². The minimum atomic E-state index is 0.102. The van der Waals surface area contributed by atoms with Gasteiger partial charge in [0.25, 0.3) is 0 Å². The number of amides is 1. The Labute approximate surface area is 113 Å². The van der Waals surface area contributed by atoms with Gasteiger partial charge in [-0.1, -0.05) is 0 Å². The summed E-state index contributed by atoms with van der Waals surface area (Å²) in [4.78, 5) is 22.9. The van der Waals surface area contributed by atoms with Crippen LogP contribution in [0, 0.1) is 12.8 Å². The molecular weight excluding hydrogens is 240 g/mol. The van der Waals surface area contributed by atoms with Gasteiger partial charge in [-0.05, 0) is 38.7 Å². The number of anilines is 1. The molecule has 3 rings (SSSR count). The van der Waals surface area contributed by atoms with Crippen molar-refractivity contribution in [2.75, 3.05) is 18.0 Å². The monoisotopic (exact) mass is 260 g/mol. The lowest BCUT2D eigenvalue weighted by Gasteiger charge is -2.32. The first-order chi connectivity index (χ1) is 9.22. The van der Waals surface area contributed by atoms with E-state index in [1.807, 2.05) is 13.0 Å². The summed E-state index contributed by atoms with van der Waals surface area (Å²) in [6.45, 7) is 3.64. The molecule has 19 heavy (non-hydrogen) atoms. The van der Waals surface area contributed by atoms with Crippen molar-refractivity contribution >= 4 is 11.7 Å². The third-order valence-electron chi connectivity index (χ3n) is 3.80. The van der Waals surface area contributed by atoms with Crippen molar-refractivity contribution in [3.05, 3.63) is 18.1 Å². The Bertz CT molecular complexity index is 472. The number of carbonyl (C=O) groups excluding carboxylic acids is 1. The number of aromatic nitrogens is 2. The summed E-state index contributed by atoms with van der Waals surface area (Å²) in [5, 5.41) is 3.11. The normalized spacial score (nSPS) is 23.2. The zero-order valence-corrected chi connectivity index (χ0v) is 11.3. The Hall–Kier alpha value is -1.65. The number of nitrogens with zero attached hydrogens (tertiary/aromatic N) is 3. The maximum absolute atomic E-state index is 12.1. The maximum Gasteiger partial charge on any atom is 0.225 e. The second kappa shape index (κ2) is 5.15. The number of carbonyl (C=O) groups is 1. The van der Waals surface area contributed by atoms with Gasteiger partial charge in [-0.2, -0.15) is 0 Å². The number of hydrogen-bond acceptors (Lipinski definition) is 4. The summed E-state index contributed by atoms with van der Waals surface area (Å²) in [5.41, 5.74) is 0. The molecule has 2 heterocycles. The van der Waals surface area contributed by atoms with E-state index in [2.05, 4.69) is 20.2 Å². The fourth-order valence-corrected chi connectivity index (χ4v) is 2.57. The van der Waals surface area contributed by atoms with E-state index in [1.165, 1.54) is 0 Å². The first-order valence-electron chi connectivity index (χ1n) is 7.07. The molecule has 0 bridgehead atoms. The fraction of sp³-hybridized carbons (Fsp3) is 0.643. The first kappa shape index (κ1) is 12.4. The SMILES string of the molecule is Cc1nccc(N2CCCC(C(=O)NC3CC3)C2)n1. The van der Waals surface area contributed by atoms with E-state index in [0.29, 0.717) is 6.04 Å². The van der Waals surface area contributed by atoms with Crippen LogP contribution in [0.1, 0.15) is 31.5 Å². The van der Waals surface area contributed by atoms with E-state index in [1.54, 1.807) is 6.20 Å². The molecular formula is C14H20N4O. The Morgan fingerprint density at radius 1 is 1.42 bits per heavy atom. The van der Waals surface area contributed by atoms with Crippen molar-refractivity contribution in [3.63, 3.8) is 0 Å². The molecule has 0 aromatic carbocycles. The van der Waals surface area contributed by atoms with Gasteiger partial charge in [0, 0.05) is 25.3 Å². The van der Waals surface area contributed by atoms with Crippen LogP contribution in [0.2, 0.25) is 0 Å². The zero-order valence-electron chi connectivity index (χ0n) is 11.3. The largest absolute Gasteiger partial charge is 0.356 e. The van der Waals surface area contributed by atoms with Gasteiger partial charge in [0.2, 0.25) is 5.91 Å². The van der Waals surface area contributed by atoms with Crippen LogP contribution in [0.4, 0.5) is 5.82 Å². The molecule has 1 unspecified atom stereocenters. The van der Waals surface area contributed by atoms with E-state index in [4.69, 9.17) is 0 Å². The smallest absolute Gasteiger partial charge is 0.225 e. The molecule has 1 N–H and O–H groups in total. The van der Waals surface area contributed by atoms with Crippen molar-refractivity contribution in [2.24, 2.45) is 5.92 Å². The average molecular weight is 260 g/mol. The topological polar surface area (TPSA) is 58.1 Å². The first-order valence-corrected chi connectivity index (χ1v) is 7.07. The van der Waals surface area contributed by atoms with Gasteiger partial charge >= 0.3 is 0 Å². The van der Waals surface area contributed by atoms with Crippen LogP contribution in [0.15, 0.2) is 12.3 Å². The summed E-state index contributed by atoms with van der Waals surface area (Å²) in [5.74, 6) is 2.04. The van der Waals surface area contributed by atoms with Crippen molar-refractivity contribution in [1.82, 2.24) is 15.3 Å². The second-order valence-corrected chi connectivity index (χ2v) is 5.53. The fourth-order valence-electron chi connectivity index (χ4n) is 2.57. The highest BCUT2D eigenvalue weighted by Gasteiger charge is 2.30. The Morgan fingerprint density at radius 2 is 2.26 bits per heavy atom. The van der Waals surface area contributed by atoms with E-state index >= 15 is 0 Å². The highest BCUT2D eigenvalue weighted by molar-refractivity contribution is 5.80. The molecule has 1 aliphatic heterocycles. The molecule has 5 nitrogen and oxygen atoms in total. The number of piperidine rings is 1. The van der Waals surface area contributed by atoms with E-state index < -0.39 is 0 Å². The van der Waals surface area contributed by atoms with Gasteiger partial charge in [0.15, 0.2) is 0 Å². The van der Waals surface area contributed by atoms with E-state index in [-0.39, 0.29) is 11.8 Å². The van der Waals surface area contributed by atoms with Gasteiger partial charge < -0.3 is 10.2 Å². The third-order valence-corrected chi connectivity index (χ3v) is 3.80. The molecule has 0 radical (unpaired) electrons. The van der Waals surface area contributed by atoms with Crippen LogP contribution in [0.5, 0.6) is 0 Å². The zero-order chi connectivity index (χ0) is 13.2. The summed E-state index contributed by atoms with van der Waals surface area (Å²) in [6.07, 6.45) is 6.11. The van der Waals surface area contributed by atoms with Crippen molar-refractivity contribution in [1.29, 1.82) is 0 Å². The van der Waals surface area contributed by atoms with Gasteiger partial charge in [-0.15, -0.1) is 0 Å². The van der Waals surface area contributed by atoms with Crippen LogP contribution in [-0.2, 0) is 4.79 Å². The summed E-state index contributed by atoms with van der Waals surface area (Å²) in [7, 11) is 0. The number of nitrogens with one attached hydrogen (secondary N) is 1. The van der Waals surface area contributed by atoms with Crippen LogP contribution < -0.4 is 10.2 Å². The Kier molecular flexibility index (Phi) is 3.36. The molecule has 1 saturated carbocycles. The molecule has 1 aromatic heterocycles. The Balaban J connectivity index is 1.65. The Morgan fingerprint density at radius 3 is 3.00 bits per heavy atom. The molecule has 1 saturated heterocycles. The molecule has 0 spiro atoms. The van der Waals surface area contributed by atoms with Gasteiger partial charge in [-0.25, -0.2) is 9.97 Å². The van der Waals surface area contributed by atoms with E-state index in [0.717, 1.165) is 50.4 Å².